The van der Waals surface area contributed by atoms with Crippen molar-refractivity contribution < 1.29 is 0 Å². The first kappa shape index (κ1) is 28.5. The van der Waals surface area contributed by atoms with Crippen molar-refractivity contribution >= 4 is 15.9 Å². The molecule has 0 atom stereocenters. The first-order valence-electron chi connectivity index (χ1n) is 14.8. The molecular weight excluding hydrogens is 616 g/mol. The zero-order valence-electron chi connectivity index (χ0n) is 24.9. The minimum Gasteiger partial charge on any atom is -0.255 e. The highest BCUT2D eigenvalue weighted by Crippen LogP contribution is 2.38. The summed E-state index contributed by atoms with van der Waals surface area (Å²) in [5, 5.41) is 0. The minimum absolute atomic E-state index is 0.585. The number of aryl methyl sites for hydroxylation is 2. The van der Waals surface area contributed by atoms with Crippen molar-refractivity contribution in [3.63, 3.8) is 0 Å². The van der Waals surface area contributed by atoms with E-state index in [1.165, 1.54) is 27.8 Å². The van der Waals surface area contributed by atoms with E-state index in [4.69, 9.17) is 19.9 Å². The third kappa shape index (κ3) is 6.08. The Morgan fingerprint density at radius 1 is 0.422 bits per heavy atom. The molecule has 0 radical (unpaired) electrons. The van der Waals surface area contributed by atoms with E-state index in [2.05, 4.69) is 90.4 Å². The highest BCUT2D eigenvalue weighted by Gasteiger charge is 2.15. The molecule has 2 heterocycles. The molecule has 0 unspecified atom stereocenters. The number of rotatable bonds is 6. The molecule has 0 aliphatic rings. The number of benzene rings is 5. The third-order valence-corrected chi connectivity index (χ3v) is 8.39. The molecule has 0 fully saturated rings. The fourth-order valence-corrected chi connectivity index (χ4v) is 6.22. The summed E-state index contributed by atoms with van der Waals surface area (Å²) in [5.74, 6) is 1.84. The smallest absolute Gasteiger partial charge is 0.165 e. The fourth-order valence-electron chi connectivity index (χ4n) is 5.63. The number of nitrogens with zero attached hydrogens (tertiary/aromatic N) is 4. The lowest BCUT2D eigenvalue weighted by Gasteiger charge is -2.14. The van der Waals surface area contributed by atoms with Crippen molar-refractivity contribution in [3.8, 4) is 67.7 Å². The molecule has 0 saturated heterocycles. The Kier molecular flexibility index (Phi) is 7.85. The van der Waals surface area contributed by atoms with E-state index in [1.54, 1.807) is 0 Å². The van der Waals surface area contributed by atoms with Gasteiger partial charge in [-0.25, -0.2) is 15.0 Å². The molecule has 5 heteroatoms. The predicted octanol–water partition coefficient (Wildman–Crippen LogP) is 10.6. The van der Waals surface area contributed by atoms with Gasteiger partial charge in [-0.1, -0.05) is 142 Å². The predicted molar refractivity (Wildman–Crippen MR) is 187 cm³/mol. The van der Waals surface area contributed by atoms with E-state index in [-0.39, 0.29) is 0 Å². The largest absolute Gasteiger partial charge is 0.255 e. The first-order chi connectivity index (χ1) is 22.0. The summed E-state index contributed by atoms with van der Waals surface area (Å²) in [7, 11) is 0. The van der Waals surface area contributed by atoms with Crippen LogP contribution in [-0.4, -0.2) is 19.9 Å². The van der Waals surface area contributed by atoms with E-state index in [0.717, 1.165) is 38.0 Å². The van der Waals surface area contributed by atoms with Gasteiger partial charge in [0.15, 0.2) is 17.5 Å². The molecular formula is C40H29BrN4. The molecule has 0 saturated carbocycles. The van der Waals surface area contributed by atoms with Crippen LogP contribution in [0.2, 0.25) is 0 Å². The summed E-state index contributed by atoms with van der Waals surface area (Å²) >= 11 is 3.87. The van der Waals surface area contributed by atoms with E-state index in [9.17, 15) is 0 Å². The topological polar surface area (TPSA) is 51.6 Å². The van der Waals surface area contributed by atoms with Crippen LogP contribution in [0.3, 0.4) is 0 Å². The normalized spacial score (nSPS) is 11.0. The van der Waals surface area contributed by atoms with Crippen LogP contribution in [0.15, 0.2) is 144 Å². The maximum atomic E-state index is 4.84. The molecule has 45 heavy (non-hydrogen) atoms. The second kappa shape index (κ2) is 12.4. The maximum absolute atomic E-state index is 4.84. The minimum atomic E-state index is 0.585. The van der Waals surface area contributed by atoms with Gasteiger partial charge in [0.1, 0.15) is 0 Å². The quantitative estimate of drug-likeness (QED) is 0.181. The van der Waals surface area contributed by atoms with Crippen molar-refractivity contribution in [1.29, 1.82) is 0 Å². The van der Waals surface area contributed by atoms with Gasteiger partial charge in [0.05, 0.1) is 5.69 Å². The van der Waals surface area contributed by atoms with Gasteiger partial charge >= 0.3 is 0 Å². The standard InChI is InChI=1S/C40H29BrN4/c1-26-21-27(2)23-32(22-26)33-15-9-10-16-34(33)35-19-17-30(24-36(35)41)37-20-18-31(25-42-37)40-44-38(28-11-5-3-6-12-28)43-39(45-40)29-13-7-4-8-14-29/h3-25H,1-2H3. The summed E-state index contributed by atoms with van der Waals surface area (Å²) in [6.45, 7) is 4.29. The molecule has 7 rings (SSSR count). The second-order valence-electron chi connectivity index (χ2n) is 11.1. The van der Waals surface area contributed by atoms with Gasteiger partial charge in [-0.15, -0.1) is 0 Å². The molecule has 5 aromatic carbocycles. The molecule has 216 valence electrons. The Bertz CT molecular complexity index is 2050. The van der Waals surface area contributed by atoms with E-state index in [1.807, 2.05) is 79.0 Å². The summed E-state index contributed by atoms with van der Waals surface area (Å²) < 4.78 is 1.01. The highest BCUT2D eigenvalue weighted by atomic mass is 79.9. The zero-order valence-corrected chi connectivity index (χ0v) is 26.5. The molecule has 7 aromatic rings. The highest BCUT2D eigenvalue weighted by molar-refractivity contribution is 9.10. The lowest BCUT2D eigenvalue weighted by molar-refractivity contribution is 1.07. The summed E-state index contributed by atoms with van der Waals surface area (Å²) in [6.07, 6.45) is 1.84. The van der Waals surface area contributed by atoms with Crippen LogP contribution >= 0.6 is 15.9 Å². The SMILES string of the molecule is Cc1cc(C)cc(-c2ccccc2-c2ccc(-c3ccc(-c4nc(-c5ccccc5)nc(-c5ccccc5)n4)cn3)cc2Br)c1. The van der Waals surface area contributed by atoms with Gasteiger partial charge in [0.2, 0.25) is 0 Å². The van der Waals surface area contributed by atoms with Gasteiger partial charge in [0, 0.05) is 32.9 Å². The molecule has 0 bridgehead atoms. The van der Waals surface area contributed by atoms with Gasteiger partial charge in [-0.2, -0.15) is 0 Å². The Balaban J connectivity index is 1.22. The van der Waals surface area contributed by atoms with Gasteiger partial charge in [-0.3, -0.25) is 4.98 Å². The number of hydrogen-bond donors (Lipinski definition) is 0. The number of halogens is 1. The third-order valence-electron chi connectivity index (χ3n) is 7.74. The fraction of sp³-hybridized carbons (Fsp3) is 0.0500. The Morgan fingerprint density at radius 3 is 1.51 bits per heavy atom. The van der Waals surface area contributed by atoms with E-state index in [0.29, 0.717) is 17.5 Å². The Labute approximate surface area is 271 Å². The Morgan fingerprint density at radius 2 is 0.956 bits per heavy atom. The lowest BCUT2D eigenvalue weighted by Crippen LogP contribution is -2.00. The van der Waals surface area contributed by atoms with Gasteiger partial charge in [0.25, 0.3) is 0 Å². The number of pyridine rings is 1. The van der Waals surface area contributed by atoms with Crippen LogP contribution in [0.5, 0.6) is 0 Å². The van der Waals surface area contributed by atoms with Gasteiger partial charge in [-0.05, 0) is 54.3 Å². The lowest BCUT2D eigenvalue weighted by atomic mass is 9.92. The van der Waals surface area contributed by atoms with Crippen LogP contribution in [-0.2, 0) is 0 Å². The van der Waals surface area contributed by atoms with E-state index >= 15 is 0 Å². The molecule has 4 nitrogen and oxygen atoms in total. The summed E-state index contributed by atoms with van der Waals surface area (Å²) in [6, 6.07) is 45.7. The average molecular weight is 646 g/mol. The van der Waals surface area contributed by atoms with Crippen LogP contribution in [0, 0.1) is 13.8 Å². The summed E-state index contributed by atoms with van der Waals surface area (Å²) in [5.41, 5.74) is 11.9. The average Bonchev–Trinajstić information content (AvgIpc) is 3.08. The molecule has 0 aliphatic heterocycles. The van der Waals surface area contributed by atoms with Crippen LogP contribution in [0.1, 0.15) is 11.1 Å². The van der Waals surface area contributed by atoms with Crippen molar-refractivity contribution in [2.75, 3.05) is 0 Å². The van der Waals surface area contributed by atoms with Crippen molar-refractivity contribution in [2.45, 2.75) is 13.8 Å². The monoisotopic (exact) mass is 644 g/mol. The van der Waals surface area contributed by atoms with Crippen LogP contribution in [0.4, 0.5) is 0 Å². The Hall–Kier alpha value is -5.26. The first-order valence-corrected chi connectivity index (χ1v) is 15.6. The number of hydrogen-bond acceptors (Lipinski definition) is 4. The van der Waals surface area contributed by atoms with E-state index < -0.39 is 0 Å². The molecule has 0 aliphatic carbocycles. The summed E-state index contributed by atoms with van der Waals surface area (Å²) in [4.78, 5) is 19.3. The van der Waals surface area contributed by atoms with Crippen LogP contribution in [0.25, 0.3) is 67.7 Å². The molecule has 0 spiro atoms. The number of aromatic nitrogens is 4. The molecule has 0 amide bonds. The second-order valence-corrected chi connectivity index (χ2v) is 11.9. The van der Waals surface area contributed by atoms with Crippen molar-refractivity contribution in [2.24, 2.45) is 0 Å². The van der Waals surface area contributed by atoms with Crippen molar-refractivity contribution in [3.05, 3.63) is 155 Å². The van der Waals surface area contributed by atoms with Crippen LogP contribution < -0.4 is 0 Å². The van der Waals surface area contributed by atoms with Gasteiger partial charge < -0.3 is 0 Å². The molecule has 0 N–H and O–H groups in total. The zero-order chi connectivity index (χ0) is 30.8. The van der Waals surface area contributed by atoms with Crippen molar-refractivity contribution in [1.82, 2.24) is 19.9 Å². The molecule has 2 aromatic heterocycles. The maximum Gasteiger partial charge on any atom is 0.165 e.